The molecule has 1 atom stereocenters. The summed E-state index contributed by atoms with van der Waals surface area (Å²) in [5, 5.41) is 12.3. The van der Waals surface area contributed by atoms with Gasteiger partial charge >= 0.3 is 0 Å². The third-order valence-electron chi connectivity index (χ3n) is 2.27. The van der Waals surface area contributed by atoms with E-state index in [2.05, 4.69) is 15.3 Å². The summed E-state index contributed by atoms with van der Waals surface area (Å²) < 4.78 is 5.27. The minimum Gasteiger partial charge on any atom is -0.478 e. The molecule has 0 aromatic carbocycles. The van der Waals surface area contributed by atoms with E-state index in [1.54, 1.807) is 6.07 Å². The van der Waals surface area contributed by atoms with Crippen LogP contribution in [0.25, 0.3) is 0 Å². The van der Waals surface area contributed by atoms with Gasteiger partial charge in [-0.15, -0.1) is 0 Å². The normalized spacial score (nSPS) is 12.6. The van der Waals surface area contributed by atoms with Gasteiger partial charge in [0.15, 0.2) is 0 Å². The second-order valence-electron chi connectivity index (χ2n) is 3.85. The monoisotopic (exact) mass is 225 g/mol. The maximum Gasteiger partial charge on any atom is 0.218 e. The molecular formula is C11H19N3O2. The lowest BCUT2D eigenvalue weighted by Crippen LogP contribution is -2.29. The first-order chi connectivity index (χ1) is 7.67. The third kappa shape index (κ3) is 3.66. The predicted octanol–water partition coefficient (Wildman–Crippen LogP) is 1.30. The summed E-state index contributed by atoms with van der Waals surface area (Å²) >= 11 is 0. The number of rotatable bonds is 6. The molecule has 1 unspecified atom stereocenters. The van der Waals surface area contributed by atoms with E-state index in [-0.39, 0.29) is 12.6 Å². The summed E-state index contributed by atoms with van der Waals surface area (Å²) in [6.45, 7) is 6.63. The summed E-state index contributed by atoms with van der Waals surface area (Å²) in [5.41, 5.74) is 0. The van der Waals surface area contributed by atoms with Crippen molar-refractivity contribution in [1.82, 2.24) is 9.97 Å². The largest absolute Gasteiger partial charge is 0.478 e. The fraction of sp³-hybridized carbons (Fsp3) is 0.636. The number of aromatic nitrogens is 2. The Bertz CT molecular complexity index is 318. The highest BCUT2D eigenvalue weighted by atomic mass is 16.5. The highest BCUT2D eigenvalue weighted by Gasteiger charge is 2.12. The molecule has 0 spiro atoms. The predicted molar refractivity (Wildman–Crippen MR) is 62.5 cm³/mol. The van der Waals surface area contributed by atoms with E-state index < -0.39 is 0 Å². The number of nitrogens with one attached hydrogen (secondary N) is 1. The Morgan fingerprint density at radius 3 is 2.75 bits per heavy atom. The summed E-state index contributed by atoms with van der Waals surface area (Å²) in [6.07, 6.45) is 1.45. The zero-order valence-electron chi connectivity index (χ0n) is 9.97. The highest BCUT2D eigenvalue weighted by Crippen LogP contribution is 2.14. The third-order valence-corrected chi connectivity index (χ3v) is 2.27. The van der Waals surface area contributed by atoms with Crippen molar-refractivity contribution in [1.29, 1.82) is 0 Å². The second kappa shape index (κ2) is 6.27. The lowest BCUT2D eigenvalue weighted by atomic mass is 10.1. The van der Waals surface area contributed by atoms with Crippen molar-refractivity contribution < 1.29 is 9.84 Å². The molecule has 0 bridgehead atoms. The highest BCUT2D eigenvalue weighted by molar-refractivity contribution is 5.38. The number of anilines is 1. The number of aliphatic hydroxyl groups is 1. The maximum atomic E-state index is 9.19. The molecule has 2 N–H and O–H groups in total. The van der Waals surface area contributed by atoms with Crippen molar-refractivity contribution in [2.45, 2.75) is 26.8 Å². The average Bonchev–Trinajstić information content (AvgIpc) is 2.26. The Balaban J connectivity index is 2.68. The standard InChI is InChI=1S/C11H19N3O2/c1-4-16-11-5-10(12-7-13-11)14-9(6-15)8(2)3/h5,7-9,15H,4,6H2,1-3H3,(H,12,13,14). The Labute approximate surface area is 95.9 Å². The van der Waals surface area contributed by atoms with Crippen molar-refractivity contribution in [2.24, 2.45) is 5.92 Å². The first-order valence-corrected chi connectivity index (χ1v) is 5.49. The van der Waals surface area contributed by atoms with Crippen LogP contribution in [0.2, 0.25) is 0 Å². The topological polar surface area (TPSA) is 67.3 Å². The van der Waals surface area contributed by atoms with Crippen LogP contribution >= 0.6 is 0 Å². The molecule has 0 saturated carbocycles. The van der Waals surface area contributed by atoms with Gasteiger partial charge in [0.25, 0.3) is 0 Å². The number of hydrogen-bond donors (Lipinski definition) is 2. The van der Waals surface area contributed by atoms with Gasteiger partial charge in [-0.25, -0.2) is 9.97 Å². The average molecular weight is 225 g/mol. The lowest BCUT2D eigenvalue weighted by molar-refractivity contribution is 0.249. The summed E-state index contributed by atoms with van der Waals surface area (Å²) in [6, 6.07) is 1.72. The minimum atomic E-state index is -0.00984. The molecule has 1 heterocycles. The molecule has 5 nitrogen and oxygen atoms in total. The van der Waals surface area contributed by atoms with Crippen LogP contribution in [-0.4, -0.2) is 34.3 Å². The van der Waals surface area contributed by atoms with Crippen molar-refractivity contribution in [3.63, 3.8) is 0 Å². The molecule has 16 heavy (non-hydrogen) atoms. The van der Waals surface area contributed by atoms with Gasteiger partial charge in [0.1, 0.15) is 12.1 Å². The van der Waals surface area contributed by atoms with Gasteiger partial charge in [-0.3, -0.25) is 0 Å². The fourth-order valence-electron chi connectivity index (χ4n) is 1.26. The summed E-state index contributed by atoms with van der Waals surface area (Å²) in [4.78, 5) is 8.05. The Morgan fingerprint density at radius 1 is 1.44 bits per heavy atom. The van der Waals surface area contributed by atoms with Crippen LogP contribution in [-0.2, 0) is 0 Å². The lowest BCUT2D eigenvalue weighted by Gasteiger charge is -2.20. The number of ether oxygens (including phenoxy) is 1. The molecule has 0 aliphatic carbocycles. The van der Waals surface area contributed by atoms with E-state index in [4.69, 9.17) is 4.74 Å². The molecule has 90 valence electrons. The van der Waals surface area contributed by atoms with E-state index in [0.29, 0.717) is 24.2 Å². The molecule has 1 aromatic rings. The second-order valence-corrected chi connectivity index (χ2v) is 3.85. The van der Waals surface area contributed by atoms with Gasteiger partial charge in [0.05, 0.1) is 19.3 Å². The van der Waals surface area contributed by atoms with Gasteiger partial charge in [0.2, 0.25) is 5.88 Å². The molecule has 0 aliphatic rings. The molecule has 0 radical (unpaired) electrons. The van der Waals surface area contributed by atoms with Gasteiger partial charge in [-0.2, -0.15) is 0 Å². The Hall–Kier alpha value is -1.36. The Morgan fingerprint density at radius 2 is 2.19 bits per heavy atom. The van der Waals surface area contributed by atoms with E-state index >= 15 is 0 Å². The van der Waals surface area contributed by atoms with Crippen LogP contribution in [0.4, 0.5) is 5.82 Å². The van der Waals surface area contributed by atoms with E-state index in [9.17, 15) is 5.11 Å². The zero-order valence-corrected chi connectivity index (χ0v) is 9.97. The SMILES string of the molecule is CCOc1cc(NC(CO)C(C)C)ncn1. The van der Waals surface area contributed by atoms with Crippen LogP contribution in [0.3, 0.4) is 0 Å². The quantitative estimate of drug-likeness (QED) is 0.764. The van der Waals surface area contributed by atoms with E-state index in [1.807, 2.05) is 20.8 Å². The molecule has 5 heteroatoms. The van der Waals surface area contributed by atoms with Crippen LogP contribution in [0.15, 0.2) is 12.4 Å². The maximum absolute atomic E-state index is 9.19. The molecule has 1 aromatic heterocycles. The first-order valence-electron chi connectivity index (χ1n) is 5.49. The summed E-state index contributed by atoms with van der Waals surface area (Å²) in [5.74, 6) is 1.54. The van der Waals surface area contributed by atoms with Crippen molar-refractivity contribution in [2.75, 3.05) is 18.5 Å². The molecule has 0 aliphatic heterocycles. The number of hydrogen-bond acceptors (Lipinski definition) is 5. The van der Waals surface area contributed by atoms with Crippen molar-refractivity contribution >= 4 is 5.82 Å². The van der Waals surface area contributed by atoms with Crippen LogP contribution < -0.4 is 10.1 Å². The Kier molecular flexibility index (Phi) is 4.98. The van der Waals surface area contributed by atoms with Gasteiger partial charge in [-0.1, -0.05) is 13.8 Å². The molecule has 0 amide bonds. The number of nitrogens with zero attached hydrogens (tertiary/aromatic N) is 2. The van der Waals surface area contributed by atoms with Gasteiger partial charge < -0.3 is 15.2 Å². The molecule has 0 saturated heterocycles. The van der Waals surface area contributed by atoms with Gasteiger partial charge in [0, 0.05) is 6.07 Å². The zero-order chi connectivity index (χ0) is 12.0. The van der Waals surface area contributed by atoms with Crippen LogP contribution in [0.5, 0.6) is 5.88 Å². The van der Waals surface area contributed by atoms with Crippen LogP contribution in [0.1, 0.15) is 20.8 Å². The van der Waals surface area contributed by atoms with E-state index in [0.717, 1.165) is 0 Å². The van der Waals surface area contributed by atoms with Crippen LogP contribution in [0, 0.1) is 5.92 Å². The number of aliphatic hydroxyl groups excluding tert-OH is 1. The first kappa shape index (κ1) is 12.7. The van der Waals surface area contributed by atoms with Gasteiger partial charge in [-0.05, 0) is 12.8 Å². The molecular weight excluding hydrogens is 206 g/mol. The smallest absolute Gasteiger partial charge is 0.218 e. The molecule has 0 fully saturated rings. The summed E-state index contributed by atoms with van der Waals surface area (Å²) in [7, 11) is 0. The van der Waals surface area contributed by atoms with Crippen molar-refractivity contribution in [3.05, 3.63) is 12.4 Å². The van der Waals surface area contributed by atoms with E-state index in [1.165, 1.54) is 6.33 Å². The van der Waals surface area contributed by atoms with Crippen molar-refractivity contribution in [3.8, 4) is 5.88 Å². The fourth-order valence-corrected chi connectivity index (χ4v) is 1.26. The molecule has 1 rings (SSSR count). The minimum absolute atomic E-state index is 0.00984.